The second-order valence-corrected chi connectivity index (χ2v) is 5.83. The van der Waals surface area contributed by atoms with E-state index in [0.717, 1.165) is 37.4 Å². The summed E-state index contributed by atoms with van der Waals surface area (Å²) in [5, 5.41) is 12.6. The van der Waals surface area contributed by atoms with E-state index in [1.54, 1.807) is 4.90 Å². The number of aliphatic hydroxyl groups excluding tert-OH is 1. The zero-order valence-electron chi connectivity index (χ0n) is 13.1. The van der Waals surface area contributed by atoms with Gasteiger partial charge in [0.25, 0.3) is 5.91 Å². The van der Waals surface area contributed by atoms with Crippen LogP contribution in [0.25, 0.3) is 0 Å². The predicted molar refractivity (Wildman–Crippen MR) is 83.6 cm³/mol. The summed E-state index contributed by atoms with van der Waals surface area (Å²) in [6, 6.07) is 3.64. The van der Waals surface area contributed by atoms with Gasteiger partial charge < -0.3 is 15.3 Å². The van der Waals surface area contributed by atoms with Crippen LogP contribution in [0.3, 0.4) is 0 Å². The van der Waals surface area contributed by atoms with Crippen LogP contribution in [0.15, 0.2) is 12.1 Å². The largest absolute Gasteiger partial charge is 0.394 e. The highest BCUT2D eigenvalue weighted by Crippen LogP contribution is 2.23. The number of likely N-dealkylation sites (tertiary alicyclic amines) is 1. The maximum absolute atomic E-state index is 12.7. The molecule has 0 radical (unpaired) electrons. The molecule has 21 heavy (non-hydrogen) atoms. The summed E-state index contributed by atoms with van der Waals surface area (Å²) < 4.78 is 0. The maximum Gasteiger partial charge on any atom is 0.254 e. The Kier molecular flexibility index (Phi) is 5.17. The lowest BCUT2D eigenvalue weighted by atomic mass is 10.1. The molecule has 0 aliphatic carbocycles. The highest BCUT2D eigenvalue weighted by atomic mass is 16.3. The summed E-state index contributed by atoms with van der Waals surface area (Å²) in [5.41, 5.74) is 1.57. The van der Waals surface area contributed by atoms with Crippen molar-refractivity contribution in [2.24, 2.45) is 0 Å². The van der Waals surface area contributed by atoms with Crippen LogP contribution in [0.4, 0.5) is 5.82 Å². The quantitative estimate of drug-likeness (QED) is 0.873. The SMILES string of the molecule is CCNc1cc(C(=O)N2CCCC2CO)cc(C(C)C)n1. The fraction of sp³-hybridized carbons (Fsp3) is 0.625. The molecular weight excluding hydrogens is 266 g/mol. The maximum atomic E-state index is 12.7. The number of amides is 1. The van der Waals surface area contributed by atoms with Crippen LogP contribution < -0.4 is 5.32 Å². The number of carbonyl (C=O) groups is 1. The fourth-order valence-corrected chi connectivity index (χ4v) is 2.70. The van der Waals surface area contributed by atoms with Crippen LogP contribution in [0.5, 0.6) is 0 Å². The lowest BCUT2D eigenvalue weighted by Crippen LogP contribution is -2.37. The highest BCUT2D eigenvalue weighted by Gasteiger charge is 2.29. The number of hydrogen-bond acceptors (Lipinski definition) is 4. The summed E-state index contributed by atoms with van der Waals surface area (Å²) in [6.07, 6.45) is 1.84. The lowest BCUT2D eigenvalue weighted by Gasteiger charge is -2.23. The van der Waals surface area contributed by atoms with Gasteiger partial charge in [0.05, 0.1) is 12.6 Å². The molecule has 2 N–H and O–H groups in total. The number of nitrogens with zero attached hydrogens (tertiary/aromatic N) is 2. The van der Waals surface area contributed by atoms with Gasteiger partial charge in [-0.2, -0.15) is 0 Å². The van der Waals surface area contributed by atoms with E-state index in [1.807, 2.05) is 19.1 Å². The van der Waals surface area contributed by atoms with Crippen molar-refractivity contribution in [2.75, 3.05) is 25.0 Å². The second kappa shape index (κ2) is 6.89. The monoisotopic (exact) mass is 291 g/mol. The Balaban J connectivity index is 2.30. The van der Waals surface area contributed by atoms with Crippen molar-refractivity contribution in [1.29, 1.82) is 0 Å². The summed E-state index contributed by atoms with van der Waals surface area (Å²) in [5.74, 6) is 1.00. The number of anilines is 1. The number of aliphatic hydroxyl groups is 1. The number of pyridine rings is 1. The Morgan fingerprint density at radius 2 is 2.29 bits per heavy atom. The second-order valence-electron chi connectivity index (χ2n) is 5.83. The first kappa shape index (κ1) is 15.8. The topological polar surface area (TPSA) is 65.5 Å². The van der Waals surface area contributed by atoms with Gasteiger partial charge in [0, 0.05) is 24.3 Å². The minimum atomic E-state index is -0.0456. The molecule has 2 heterocycles. The molecule has 0 bridgehead atoms. The molecule has 5 heteroatoms. The van der Waals surface area contributed by atoms with E-state index in [-0.39, 0.29) is 24.5 Å². The van der Waals surface area contributed by atoms with Crippen LogP contribution in [-0.2, 0) is 0 Å². The molecule has 0 saturated carbocycles. The van der Waals surface area contributed by atoms with Gasteiger partial charge in [-0.05, 0) is 37.8 Å². The first-order valence-corrected chi connectivity index (χ1v) is 7.74. The molecule has 1 saturated heterocycles. The van der Waals surface area contributed by atoms with Crippen LogP contribution in [-0.4, -0.2) is 46.6 Å². The van der Waals surface area contributed by atoms with Crippen LogP contribution >= 0.6 is 0 Å². The molecule has 2 rings (SSSR count). The Bertz CT molecular complexity index is 502. The molecule has 116 valence electrons. The third-order valence-electron chi connectivity index (χ3n) is 3.89. The van der Waals surface area contributed by atoms with Crippen molar-refractivity contribution in [1.82, 2.24) is 9.88 Å². The van der Waals surface area contributed by atoms with Gasteiger partial charge in [-0.25, -0.2) is 4.98 Å². The normalized spacial score (nSPS) is 18.3. The summed E-state index contributed by atoms with van der Waals surface area (Å²) >= 11 is 0. The Labute approximate surface area is 126 Å². The molecule has 1 aromatic heterocycles. The lowest BCUT2D eigenvalue weighted by molar-refractivity contribution is 0.0677. The number of carbonyl (C=O) groups excluding carboxylic acids is 1. The third kappa shape index (κ3) is 3.53. The van der Waals surface area contributed by atoms with E-state index >= 15 is 0 Å². The van der Waals surface area contributed by atoms with E-state index in [4.69, 9.17) is 0 Å². The molecule has 0 spiro atoms. The molecule has 1 aliphatic heterocycles. The summed E-state index contributed by atoms with van der Waals surface area (Å²) in [6.45, 7) is 7.67. The van der Waals surface area contributed by atoms with Gasteiger partial charge in [-0.1, -0.05) is 13.8 Å². The molecular formula is C16H25N3O2. The summed E-state index contributed by atoms with van der Waals surface area (Å²) in [7, 11) is 0. The smallest absolute Gasteiger partial charge is 0.254 e. The zero-order valence-corrected chi connectivity index (χ0v) is 13.1. The Morgan fingerprint density at radius 3 is 2.90 bits per heavy atom. The van der Waals surface area contributed by atoms with Gasteiger partial charge in [0.15, 0.2) is 0 Å². The zero-order chi connectivity index (χ0) is 15.4. The van der Waals surface area contributed by atoms with Gasteiger partial charge in [-0.3, -0.25) is 4.79 Å². The van der Waals surface area contributed by atoms with Crippen LogP contribution in [0, 0.1) is 0 Å². The first-order valence-electron chi connectivity index (χ1n) is 7.74. The van der Waals surface area contributed by atoms with E-state index in [9.17, 15) is 9.90 Å². The van der Waals surface area contributed by atoms with Crippen molar-refractivity contribution in [3.8, 4) is 0 Å². The summed E-state index contributed by atoms with van der Waals surface area (Å²) in [4.78, 5) is 19.0. The molecule has 1 aromatic rings. The van der Waals surface area contributed by atoms with Crippen molar-refractivity contribution in [3.05, 3.63) is 23.4 Å². The minimum Gasteiger partial charge on any atom is -0.394 e. The molecule has 1 fully saturated rings. The number of nitrogens with one attached hydrogen (secondary N) is 1. The standard InChI is InChI=1S/C16H25N3O2/c1-4-17-15-9-12(8-14(18-15)11(2)3)16(21)19-7-5-6-13(19)10-20/h8-9,11,13,20H,4-7,10H2,1-3H3,(H,17,18). The Morgan fingerprint density at radius 1 is 1.52 bits per heavy atom. The Hall–Kier alpha value is -1.62. The number of aromatic nitrogens is 1. The molecule has 5 nitrogen and oxygen atoms in total. The van der Waals surface area contributed by atoms with Crippen molar-refractivity contribution in [3.63, 3.8) is 0 Å². The van der Waals surface area contributed by atoms with E-state index in [0.29, 0.717) is 5.56 Å². The van der Waals surface area contributed by atoms with E-state index in [1.165, 1.54) is 0 Å². The number of rotatable bonds is 5. The first-order chi connectivity index (χ1) is 10.1. The van der Waals surface area contributed by atoms with Crippen molar-refractivity contribution < 1.29 is 9.90 Å². The van der Waals surface area contributed by atoms with Gasteiger partial charge in [-0.15, -0.1) is 0 Å². The molecule has 1 unspecified atom stereocenters. The van der Waals surface area contributed by atoms with Crippen LogP contribution in [0.1, 0.15) is 55.6 Å². The molecule has 0 aromatic carbocycles. The number of hydrogen-bond donors (Lipinski definition) is 2. The molecule has 1 atom stereocenters. The molecule has 1 amide bonds. The van der Waals surface area contributed by atoms with Crippen LogP contribution in [0.2, 0.25) is 0 Å². The third-order valence-corrected chi connectivity index (χ3v) is 3.89. The average molecular weight is 291 g/mol. The van der Waals surface area contributed by atoms with Gasteiger partial charge >= 0.3 is 0 Å². The van der Waals surface area contributed by atoms with Crippen molar-refractivity contribution in [2.45, 2.75) is 45.6 Å². The van der Waals surface area contributed by atoms with E-state index in [2.05, 4.69) is 24.1 Å². The molecule has 1 aliphatic rings. The van der Waals surface area contributed by atoms with Gasteiger partial charge in [0.1, 0.15) is 5.82 Å². The fourth-order valence-electron chi connectivity index (χ4n) is 2.70. The highest BCUT2D eigenvalue weighted by molar-refractivity contribution is 5.95. The minimum absolute atomic E-state index is 0.00463. The van der Waals surface area contributed by atoms with Gasteiger partial charge in [0.2, 0.25) is 0 Å². The predicted octanol–water partition coefficient (Wildman–Crippen LogP) is 2.23. The van der Waals surface area contributed by atoms with Crippen molar-refractivity contribution >= 4 is 11.7 Å². The van der Waals surface area contributed by atoms with E-state index < -0.39 is 0 Å². The average Bonchev–Trinajstić information content (AvgIpc) is 2.94.